The SMILES string of the molecule is CC(C(=O)Nc1cc(S(N)(=O)=O)ccc1F)C1CC1. The number of carbonyl (C=O) groups is 1. The number of nitrogens with two attached hydrogens (primary N) is 1. The van der Waals surface area contributed by atoms with Gasteiger partial charge in [0.2, 0.25) is 15.9 Å². The van der Waals surface area contributed by atoms with E-state index < -0.39 is 15.8 Å². The summed E-state index contributed by atoms with van der Waals surface area (Å²) >= 11 is 0. The van der Waals surface area contributed by atoms with E-state index in [2.05, 4.69) is 5.32 Å². The zero-order valence-electron chi connectivity index (χ0n) is 10.4. The van der Waals surface area contributed by atoms with Crippen LogP contribution in [0, 0.1) is 17.7 Å². The van der Waals surface area contributed by atoms with Gasteiger partial charge in [0.15, 0.2) is 0 Å². The maximum Gasteiger partial charge on any atom is 0.238 e. The molecule has 5 nitrogen and oxygen atoms in total. The molecule has 1 atom stereocenters. The van der Waals surface area contributed by atoms with E-state index in [0.29, 0.717) is 5.92 Å². The first-order valence-corrected chi connectivity index (χ1v) is 7.47. The highest BCUT2D eigenvalue weighted by Crippen LogP contribution is 2.37. The van der Waals surface area contributed by atoms with Crippen LogP contribution in [0.25, 0.3) is 0 Å². The van der Waals surface area contributed by atoms with Gasteiger partial charge in [-0.15, -0.1) is 0 Å². The van der Waals surface area contributed by atoms with Crippen LogP contribution in [0.2, 0.25) is 0 Å². The molecule has 0 saturated heterocycles. The number of nitrogens with one attached hydrogen (secondary N) is 1. The van der Waals surface area contributed by atoms with Gasteiger partial charge in [-0.2, -0.15) is 0 Å². The van der Waals surface area contributed by atoms with Crippen LogP contribution in [0.1, 0.15) is 19.8 Å². The molecule has 3 N–H and O–H groups in total. The van der Waals surface area contributed by atoms with E-state index in [1.807, 2.05) is 0 Å². The molecule has 19 heavy (non-hydrogen) atoms. The van der Waals surface area contributed by atoms with Crippen LogP contribution in [0.3, 0.4) is 0 Å². The van der Waals surface area contributed by atoms with Crippen molar-refractivity contribution < 1.29 is 17.6 Å². The number of rotatable bonds is 4. The van der Waals surface area contributed by atoms with Crippen molar-refractivity contribution >= 4 is 21.6 Å². The molecule has 0 aliphatic heterocycles. The van der Waals surface area contributed by atoms with Crippen molar-refractivity contribution in [3.05, 3.63) is 24.0 Å². The van der Waals surface area contributed by atoms with Crippen molar-refractivity contribution in [3.63, 3.8) is 0 Å². The summed E-state index contributed by atoms with van der Waals surface area (Å²) in [5.74, 6) is -0.876. The zero-order valence-corrected chi connectivity index (χ0v) is 11.2. The highest BCUT2D eigenvalue weighted by Gasteiger charge is 2.32. The van der Waals surface area contributed by atoms with Crippen molar-refractivity contribution in [2.24, 2.45) is 17.0 Å². The lowest BCUT2D eigenvalue weighted by Gasteiger charge is -2.12. The Morgan fingerprint density at radius 1 is 1.47 bits per heavy atom. The molecule has 1 aliphatic carbocycles. The number of amides is 1. The Hall–Kier alpha value is -1.47. The van der Waals surface area contributed by atoms with Gasteiger partial charge in [-0.1, -0.05) is 6.92 Å². The lowest BCUT2D eigenvalue weighted by Crippen LogP contribution is -2.23. The number of halogens is 1. The normalized spacial score (nSPS) is 17.0. The number of hydrogen-bond donors (Lipinski definition) is 2. The minimum absolute atomic E-state index is 0.163. The first-order chi connectivity index (χ1) is 8.79. The van der Waals surface area contributed by atoms with E-state index in [4.69, 9.17) is 5.14 Å². The summed E-state index contributed by atoms with van der Waals surface area (Å²) in [6, 6.07) is 3.06. The summed E-state index contributed by atoms with van der Waals surface area (Å²) in [5.41, 5.74) is -0.163. The summed E-state index contributed by atoms with van der Waals surface area (Å²) in [4.78, 5) is 11.6. The van der Waals surface area contributed by atoms with Crippen molar-refractivity contribution in [2.75, 3.05) is 5.32 Å². The van der Waals surface area contributed by atoms with Gasteiger partial charge in [0.05, 0.1) is 10.6 Å². The molecule has 1 saturated carbocycles. The predicted octanol–water partition coefficient (Wildman–Crippen LogP) is 1.46. The topological polar surface area (TPSA) is 89.3 Å². The fourth-order valence-corrected chi connectivity index (χ4v) is 2.37. The van der Waals surface area contributed by atoms with Crippen molar-refractivity contribution in [1.82, 2.24) is 0 Å². The molecule has 1 fully saturated rings. The molecule has 2 rings (SSSR count). The molecule has 0 radical (unpaired) electrons. The summed E-state index contributed by atoms with van der Waals surface area (Å²) < 4.78 is 35.9. The lowest BCUT2D eigenvalue weighted by molar-refractivity contribution is -0.119. The van der Waals surface area contributed by atoms with E-state index in [0.717, 1.165) is 31.0 Å². The Kier molecular flexibility index (Phi) is 3.60. The molecule has 0 bridgehead atoms. The molecule has 0 aromatic heterocycles. The molecule has 1 aliphatic rings. The maximum absolute atomic E-state index is 13.5. The maximum atomic E-state index is 13.5. The van der Waals surface area contributed by atoms with Gasteiger partial charge in [-0.3, -0.25) is 4.79 Å². The first-order valence-electron chi connectivity index (χ1n) is 5.92. The Balaban J connectivity index is 2.21. The fraction of sp³-hybridized carbons (Fsp3) is 0.417. The van der Waals surface area contributed by atoms with Crippen molar-refractivity contribution in [3.8, 4) is 0 Å². The first kappa shape index (κ1) is 14.0. The molecule has 1 aromatic carbocycles. The van der Waals surface area contributed by atoms with Crippen LogP contribution in [0.4, 0.5) is 10.1 Å². The number of hydrogen-bond acceptors (Lipinski definition) is 3. The van der Waals surface area contributed by atoms with Gasteiger partial charge in [0.25, 0.3) is 0 Å². The van der Waals surface area contributed by atoms with Gasteiger partial charge < -0.3 is 5.32 Å². The quantitative estimate of drug-likeness (QED) is 0.878. The fourth-order valence-electron chi connectivity index (χ4n) is 1.83. The monoisotopic (exact) mass is 286 g/mol. The Morgan fingerprint density at radius 3 is 2.63 bits per heavy atom. The van der Waals surface area contributed by atoms with Gasteiger partial charge >= 0.3 is 0 Å². The third kappa shape index (κ3) is 3.30. The molecular formula is C12H15FN2O3S. The molecule has 0 spiro atoms. The summed E-state index contributed by atoms with van der Waals surface area (Å²) in [7, 11) is -3.92. The molecular weight excluding hydrogens is 271 g/mol. The summed E-state index contributed by atoms with van der Waals surface area (Å²) in [6.07, 6.45) is 1.99. The van der Waals surface area contributed by atoms with Crippen LogP contribution in [-0.4, -0.2) is 14.3 Å². The second-order valence-corrected chi connectivity index (χ2v) is 6.36. The largest absolute Gasteiger partial charge is 0.323 e. The molecule has 1 amide bonds. The zero-order chi connectivity index (χ0) is 14.2. The smallest absolute Gasteiger partial charge is 0.238 e. The van der Waals surface area contributed by atoms with Gasteiger partial charge in [-0.25, -0.2) is 17.9 Å². The van der Waals surface area contributed by atoms with E-state index in [1.54, 1.807) is 6.92 Å². The van der Waals surface area contributed by atoms with Crippen LogP contribution in [0.15, 0.2) is 23.1 Å². The number of sulfonamides is 1. The van der Waals surface area contributed by atoms with Crippen LogP contribution >= 0.6 is 0 Å². The number of benzene rings is 1. The number of carbonyl (C=O) groups excluding carboxylic acids is 1. The van der Waals surface area contributed by atoms with E-state index in [1.165, 1.54) is 0 Å². The average Bonchev–Trinajstić information content (AvgIpc) is 3.13. The highest BCUT2D eigenvalue weighted by atomic mass is 32.2. The molecule has 1 unspecified atom stereocenters. The van der Waals surface area contributed by atoms with Gasteiger partial charge in [0.1, 0.15) is 5.82 Å². The van der Waals surface area contributed by atoms with E-state index in [-0.39, 0.29) is 22.4 Å². The van der Waals surface area contributed by atoms with E-state index in [9.17, 15) is 17.6 Å². The summed E-state index contributed by atoms with van der Waals surface area (Å²) in [5, 5.41) is 7.37. The second-order valence-electron chi connectivity index (χ2n) is 4.80. The van der Waals surface area contributed by atoms with Crippen molar-refractivity contribution in [2.45, 2.75) is 24.7 Å². The minimum atomic E-state index is -3.92. The Bertz CT molecular complexity index is 611. The molecule has 7 heteroatoms. The minimum Gasteiger partial charge on any atom is -0.323 e. The third-order valence-electron chi connectivity index (χ3n) is 3.27. The molecule has 1 aromatic rings. The number of primary sulfonamides is 1. The van der Waals surface area contributed by atoms with Crippen LogP contribution in [0.5, 0.6) is 0 Å². The van der Waals surface area contributed by atoms with Crippen LogP contribution in [-0.2, 0) is 14.8 Å². The third-order valence-corrected chi connectivity index (χ3v) is 4.18. The molecule has 0 heterocycles. The molecule has 104 valence electrons. The second kappa shape index (κ2) is 4.90. The Labute approximate surface area is 111 Å². The highest BCUT2D eigenvalue weighted by molar-refractivity contribution is 7.89. The Morgan fingerprint density at radius 2 is 2.11 bits per heavy atom. The standard InChI is InChI=1S/C12H15FN2O3S/c1-7(8-2-3-8)12(16)15-11-6-9(19(14,17)18)4-5-10(11)13/h4-8H,2-3H2,1H3,(H,15,16)(H2,14,17,18). The van der Waals surface area contributed by atoms with Crippen molar-refractivity contribution in [1.29, 1.82) is 0 Å². The average molecular weight is 286 g/mol. The van der Waals surface area contributed by atoms with Gasteiger partial charge in [-0.05, 0) is 37.0 Å². The van der Waals surface area contributed by atoms with Gasteiger partial charge in [0, 0.05) is 5.92 Å². The van der Waals surface area contributed by atoms with E-state index >= 15 is 0 Å². The van der Waals surface area contributed by atoms with Crippen LogP contribution < -0.4 is 10.5 Å². The predicted molar refractivity (Wildman–Crippen MR) is 68.3 cm³/mol. The summed E-state index contributed by atoms with van der Waals surface area (Å²) in [6.45, 7) is 1.77. The lowest BCUT2D eigenvalue weighted by atomic mass is 10.1. The number of anilines is 1.